The molecule has 6 heteroatoms. The van der Waals surface area contributed by atoms with Crippen molar-refractivity contribution in [3.05, 3.63) is 35.4 Å². The lowest BCUT2D eigenvalue weighted by molar-refractivity contribution is -0.131. The van der Waals surface area contributed by atoms with Gasteiger partial charge in [0, 0.05) is 18.2 Å². The number of halogens is 4. The molecule has 0 saturated heterocycles. The zero-order valence-electron chi connectivity index (χ0n) is 7.44. The van der Waals surface area contributed by atoms with Crippen LogP contribution >= 0.6 is 0 Å². The molecular formula is C9H7F4NO. The van der Waals surface area contributed by atoms with Crippen LogP contribution in [0.2, 0.25) is 0 Å². The van der Waals surface area contributed by atoms with Gasteiger partial charge in [-0.3, -0.25) is 4.79 Å². The Morgan fingerprint density at radius 1 is 1.33 bits per heavy atom. The lowest BCUT2D eigenvalue weighted by atomic mass is 10.2. The van der Waals surface area contributed by atoms with Crippen molar-refractivity contribution < 1.29 is 22.4 Å². The smallest absolute Gasteiger partial charge is 0.315 e. The van der Waals surface area contributed by atoms with Crippen LogP contribution in [0.4, 0.5) is 17.6 Å². The van der Waals surface area contributed by atoms with E-state index in [0.29, 0.717) is 6.07 Å². The summed E-state index contributed by atoms with van der Waals surface area (Å²) in [7, 11) is 0. The fourth-order valence-corrected chi connectivity index (χ4v) is 0.925. The molecule has 0 aliphatic heterocycles. The number of hydrogen-bond acceptors (Lipinski definition) is 1. The summed E-state index contributed by atoms with van der Waals surface area (Å²) in [6.07, 6.45) is -3.14. The van der Waals surface area contributed by atoms with Gasteiger partial charge in [0.05, 0.1) is 0 Å². The SMILES string of the molecule is O=C(NCc1ccc(F)cc1F)C(F)F. The molecule has 0 aliphatic carbocycles. The molecule has 0 saturated carbocycles. The van der Waals surface area contributed by atoms with Gasteiger partial charge >= 0.3 is 6.43 Å². The minimum atomic E-state index is -3.14. The maximum atomic E-state index is 12.9. The second-order valence-electron chi connectivity index (χ2n) is 2.75. The molecule has 0 heterocycles. The highest BCUT2D eigenvalue weighted by Crippen LogP contribution is 2.09. The van der Waals surface area contributed by atoms with Crippen LogP contribution in [-0.2, 0) is 11.3 Å². The molecule has 15 heavy (non-hydrogen) atoms. The number of rotatable bonds is 3. The summed E-state index contributed by atoms with van der Waals surface area (Å²) in [5, 5.41) is 1.81. The highest BCUT2D eigenvalue weighted by molar-refractivity contribution is 5.79. The third-order valence-corrected chi connectivity index (χ3v) is 1.67. The first-order valence-electron chi connectivity index (χ1n) is 4.00. The van der Waals surface area contributed by atoms with Crippen LogP contribution in [-0.4, -0.2) is 12.3 Å². The lowest BCUT2D eigenvalue weighted by Crippen LogP contribution is -2.29. The van der Waals surface area contributed by atoms with Crippen molar-refractivity contribution in [3.8, 4) is 0 Å². The average Bonchev–Trinajstić information content (AvgIpc) is 2.15. The standard InChI is InChI=1S/C9H7F4NO/c10-6-2-1-5(7(11)3-6)4-14-9(15)8(12)13/h1-3,8H,4H2,(H,14,15). The summed E-state index contributed by atoms with van der Waals surface area (Å²) in [5.41, 5.74) is -0.0506. The molecule has 0 fully saturated rings. The molecular weight excluding hydrogens is 214 g/mol. The molecule has 0 radical (unpaired) electrons. The van der Waals surface area contributed by atoms with Gasteiger partial charge in [-0.25, -0.2) is 8.78 Å². The number of hydrogen-bond donors (Lipinski definition) is 1. The molecule has 0 spiro atoms. The molecule has 1 amide bonds. The van der Waals surface area contributed by atoms with Crippen molar-refractivity contribution in [2.24, 2.45) is 0 Å². The molecule has 1 aromatic rings. The van der Waals surface area contributed by atoms with E-state index < -0.39 is 30.5 Å². The van der Waals surface area contributed by atoms with Crippen molar-refractivity contribution in [2.75, 3.05) is 0 Å². The van der Waals surface area contributed by atoms with Crippen LogP contribution in [0.15, 0.2) is 18.2 Å². The van der Waals surface area contributed by atoms with Gasteiger partial charge in [0.2, 0.25) is 0 Å². The lowest BCUT2D eigenvalue weighted by Gasteiger charge is -2.05. The second-order valence-corrected chi connectivity index (χ2v) is 2.75. The van der Waals surface area contributed by atoms with Crippen LogP contribution in [0.5, 0.6) is 0 Å². The summed E-state index contributed by atoms with van der Waals surface area (Å²) in [4.78, 5) is 10.4. The zero-order valence-corrected chi connectivity index (χ0v) is 7.44. The van der Waals surface area contributed by atoms with Crippen molar-refractivity contribution in [1.82, 2.24) is 5.32 Å². The van der Waals surface area contributed by atoms with E-state index in [0.717, 1.165) is 12.1 Å². The summed E-state index contributed by atoms with van der Waals surface area (Å²) in [6, 6.07) is 2.67. The van der Waals surface area contributed by atoms with Crippen molar-refractivity contribution in [3.63, 3.8) is 0 Å². The highest BCUT2D eigenvalue weighted by Gasteiger charge is 2.14. The number of carbonyl (C=O) groups is 1. The highest BCUT2D eigenvalue weighted by atomic mass is 19.3. The number of alkyl halides is 2. The minimum absolute atomic E-state index is 0.0506. The zero-order chi connectivity index (χ0) is 11.4. The molecule has 1 N–H and O–H groups in total. The van der Waals surface area contributed by atoms with Gasteiger partial charge in [-0.05, 0) is 6.07 Å². The Labute approximate surface area is 82.9 Å². The van der Waals surface area contributed by atoms with Crippen LogP contribution < -0.4 is 5.32 Å². The molecule has 0 atom stereocenters. The summed E-state index contributed by atoms with van der Waals surface area (Å²) in [5.74, 6) is -3.14. The Bertz CT molecular complexity index is 367. The van der Waals surface area contributed by atoms with Crippen molar-refractivity contribution >= 4 is 5.91 Å². The molecule has 82 valence electrons. The maximum Gasteiger partial charge on any atom is 0.315 e. The monoisotopic (exact) mass is 221 g/mol. The van der Waals surface area contributed by atoms with E-state index in [4.69, 9.17) is 0 Å². The van der Waals surface area contributed by atoms with Crippen molar-refractivity contribution in [1.29, 1.82) is 0 Å². The second kappa shape index (κ2) is 4.77. The normalized spacial score (nSPS) is 10.5. The first kappa shape index (κ1) is 11.5. The van der Waals surface area contributed by atoms with Gasteiger partial charge in [-0.1, -0.05) is 6.07 Å². The van der Waals surface area contributed by atoms with E-state index in [1.54, 1.807) is 0 Å². The van der Waals surface area contributed by atoms with Crippen LogP contribution in [0.3, 0.4) is 0 Å². The van der Waals surface area contributed by atoms with E-state index in [9.17, 15) is 22.4 Å². The van der Waals surface area contributed by atoms with Crippen LogP contribution in [0.1, 0.15) is 5.56 Å². The third-order valence-electron chi connectivity index (χ3n) is 1.67. The van der Waals surface area contributed by atoms with E-state index in [2.05, 4.69) is 0 Å². The van der Waals surface area contributed by atoms with E-state index in [1.165, 1.54) is 0 Å². The van der Waals surface area contributed by atoms with Gasteiger partial charge < -0.3 is 5.32 Å². The Balaban J connectivity index is 2.62. The number of benzene rings is 1. The van der Waals surface area contributed by atoms with Gasteiger partial charge in [0.15, 0.2) is 0 Å². The topological polar surface area (TPSA) is 29.1 Å². The predicted octanol–water partition coefficient (Wildman–Crippen LogP) is 1.85. The molecule has 2 nitrogen and oxygen atoms in total. The van der Waals surface area contributed by atoms with Crippen LogP contribution in [0, 0.1) is 11.6 Å². The number of nitrogens with one attached hydrogen (secondary N) is 1. The molecule has 1 rings (SSSR count). The molecule has 0 unspecified atom stereocenters. The number of amides is 1. The Morgan fingerprint density at radius 2 is 2.00 bits per heavy atom. The van der Waals surface area contributed by atoms with E-state index in [1.807, 2.05) is 5.32 Å². The van der Waals surface area contributed by atoms with E-state index in [-0.39, 0.29) is 5.56 Å². The van der Waals surface area contributed by atoms with Gasteiger partial charge in [0.1, 0.15) is 11.6 Å². The van der Waals surface area contributed by atoms with Gasteiger partial charge in [-0.2, -0.15) is 8.78 Å². The van der Waals surface area contributed by atoms with Gasteiger partial charge in [0.25, 0.3) is 5.91 Å². The number of carbonyl (C=O) groups excluding carboxylic acids is 1. The predicted molar refractivity (Wildman–Crippen MR) is 44.2 cm³/mol. The molecule has 1 aromatic carbocycles. The summed E-state index contributed by atoms with van der Waals surface area (Å²) >= 11 is 0. The molecule has 0 aromatic heterocycles. The van der Waals surface area contributed by atoms with Gasteiger partial charge in [-0.15, -0.1) is 0 Å². The van der Waals surface area contributed by atoms with Crippen molar-refractivity contribution in [2.45, 2.75) is 13.0 Å². The Hall–Kier alpha value is -1.59. The first-order chi connectivity index (χ1) is 7.00. The average molecular weight is 221 g/mol. The molecule has 0 aliphatic rings. The molecule has 0 bridgehead atoms. The largest absolute Gasteiger partial charge is 0.347 e. The maximum absolute atomic E-state index is 12.9. The summed E-state index contributed by atoms with van der Waals surface area (Å²) < 4.78 is 48.8. The summed E-state index contributed by atoms with van der Waals surface area (Å²) in [6.45, 7) is -0.394. The first-order valence-corrected chi connectivity index (χ1v) is 4.00. The van der Waals surface area contributed by atoms with Crippen LogP contribution in [0.25, 0.3) is 0 Å². The Morgan fingerprint density at radius 3 is 2.53 bits per heavy atom. The Kier molecular flexibility index (Phi) is 3.65. The fourth-order valence-electron chi connectivity index (χ4n) is 0.925. The third kappa shape index (κ3) is 3.23. The minimum Gasteiger partial charge on any atom is -0.347 e. The van der Waals surface area contributed by atoms with E-state index >= 15 is 0 Å². The quantitative estimate of drug-likeness (QED) is 0.775. The fraction of sp³-hybridized carbons (Fsp3) is 0.222.